The molecule has 0 saturated heterocycles. The lowest BCUT2D eigenvalue weighted by Gasteiger charge is -2.11. The van der Waals surface area contributed by atoms with E-state index in [9.17, 15) is 13.6 Å². The standard InChI is InChI=1S/C27H24F2N6O3/c1-3-17-8-10-19(11-9-17)38-16-34-15-18(13-30-34)32-27(36)21-14-31-35-23(25(28)29)12-22(33-26(21)35)20-6-4-5-7-24(20)37-2/h4-15,25H,3,16H2,1-2H3,(H,32,36). The molecule has 5 aromatic rings. The summed E-state index contributed by atoms with van der Waals surface area (Å²) >= 11 is 0. The molecule has 0 fully saturated rings. The van der Waals surface area contributed by atoms with Crippen LogP contribution in [0.1, 0.15) is 35.0 Å². The van der Waals surface area contributed by atoms with Crippen LogP contribution in [0.4, 0.5) is 14.5 Å². The largest absolute Gasteiger partial charge is 0.496 e. The van der Waals surface area contributed by atoms with E-state index >= 15 is 0 Å². The van der Waals surface area contributed by atoms with Crippen LogP contribution in [0.5, 0.6) is 11.5 Å². The van der Waals surface area contributed by atoms with Crippen molar-refractivity contribution in [3.8, 4) is 22.8 Å². The minimum atomic E-state index is -2.85. The van der Waals surface area contributed by atoms with E-state index in [2.05, 4.69) is 27.4 Å². The number of amides is 1. The fraction of sp³-hybridized carbons (Fsp3) is 0.185. The van der Waals surface area contributed by atoms with Gasteiger partial charge in [0.1, 0.15) is 22.8 Å². The Morgan fingerprint density at radius 1 is 1.08 bits per heavy atom. The minimum Gasteiger partial charge on any atom is -0.496 e. The van der Waals surface area contributed by atoms with E-state index in [4.69, 9.17) is 9.47 Å². The molecule has 0 spiro atoms. The van der Waals surface area contributed by atoms with Gasteiger partial charge in [0.25, 0.3) is 12.3 Å². The second-order valence-corrected chi connectivity index (χ2v) is 8.35. The van der Waals surface area contributed by atoms with Crippen molar-refractivity contribution < 1.29 is 23.0 Å². The molecule has 0 aliphatic carbocycles. The number of methoxy groups -OCH3 is 1. The van der Waals surface area contributed by atoms with E-state index < -0.39 is 18.0 Å². The van der Waals surface area contributed by atoms with Crippen molar-refractivity contribution in [1.82, 2.24) is 24.4 Å². The molecule has 2 aromatic carbocycles. The number of halogens is 2. The molecule has 0 saturated carbocycles. The van der Waals surface area contributed by atoms with Gasteiger partial charge in [0.05, 0.1) is 37.1 Å². The highest BCUT2D eigenvalue weighted by Gasteiger charge is 2.22. The summed E-state index contributed by atoms with van der Waals surface area (Å²) in [7, 11) is 1.48. The number of aryl methyl sites for hydroxylation is 1. The summed E-state index contributed by atoms with van der Waals surface area (Å²) in [6.45, 7) is 2.22. The molecule has 1 amide bonds. The van der Waals surface area contributed by atoms with Gasteiger partial charge in [0, 0.05) is 5.56 Å². The van der Waals surface area contributed by atoms with Gasteiger partial charge in [-0.3, -0.25) is 4.79 Å². The Bertz CT molecular complexity index is 1580. The first kappa shape index (κ1) is 24.9. The Hall–Kier alpha value is -4.80. The van der Waals surface area contributed by atoms with Crippen LogP contribution in [-0.4, -0.2) is 37.4 Å². The monoisotopic (exact) mass is 518 g/mol. The summed E-state index contributed by atoms with van der Waals surface area (Å²) in [6.07, 6.45) is 2.37. The van der Waals surface area contributed by atoms with Crippen molar-refractivity contribution in [3.05, 3.63) is 90.0 Å². The third-order valence-corrected chi connectivity index (χ3v) is 5.94. The number of alkyl halides is 2. The second kappa shape index (κ2) is 10.7. The zero-order chi connectivity index (χ0) is 26.6. The number of anilines is 1. The number of carbonyl (C=O) groups excluding carboxylic acids is 1. The zero-order valence-corrected chi connectivity index (χ0v) is 20.6. The average Bonchev–Trinajstić information content (AvgIpc) is 3.58. The SMILES string of the molecule is CCc1ccc(OCn2cc(NC(=O)c3cnn4c(C(F)F)cc(-c5ccccc5OC)nc34)cn2)cc1. The molecule has 1 N–H and O–H groups in total. The van der Waals surface area contributed by atoms with Gasteiger partial charge in [-0.2, -0.15) is 10.2 Å². The summed E-state index contributed by atoms with van der Waals surface area (Å²) in [6, 6.07) is 15.9. The smallest absolute Gasteiger partial charge is 0.280 e. The van der Waals surface area contributed by atoms with Crippen LogP contribution in [0.25, 0.3) is 16.9 Å². The van der Waals surface area contributed by atoms with Crippen molar-refractivity contribution >= 4 is 17.2 Å². The lowest BCUT2D eigenvalue weighted by molar-refractivity contribution is 0.102. The number of nitrogens with one attached hydrogen (secondary N) is 1. The molecular formula is C27H24F2N6O3. The summed E-state index contributed by atoms with van der Waals surface area (Å²) in [5, 5.41) is 10.9. The van der Waals surface area contributed by atoms with Crippen molar-refractivity contribution in [1.29, 1.82) is 0 Å². The number of hydrogen-bond donors (Lipinski definition) is 1. The molecule has 0 bridgehead atoms. The van der Waals surface area contributed by atoms with Crippen LogP contribution >= 0.6 is 0 Å². The lowest BCUT2D eigenvalue weighted by atomic mass is 10.1. The first-order valence-electron chi connectivity index (χ1n) is 11.8. The van der Waals surface area contributed by atoms with Crippen LogP contribution in [0.2, 0.25) is 0 Å². The normalized spacial score (nSPS) is 11.2. The fourth-order valence-electron chi connectivity index (χ4n) is 3.96. The predicted octanol–water partition coefficient (Wildman–Crippen LogP) is 5.39. The fourth-order valence-corrected chi connectivity index (χ4v) is 3.96. The number of fused-ring (bicyclic) bond motifs is 1. The highest BCUT2D eigenvalue weighted by Crippen LogP contribution is 2.32. The van der Waals surface area contributed by atoms with Crippen LogP contribution in [0, 0.1) is 0 Å². The van der Waals surface area contributed by atoms with E-state index in [0.29, 0.717) is 22.7 Å². The average molecular weight is 519 g/mol. The molecule has 3 heterocycles. The quantitative estimate of drug-likeness (QED) is 0.281. The summed E-state index contributed by atoms with van der Waals surface area (Å²) in [5.41, 5.74) is 1.98. The number of benzene rings is 2. The molecule has 11 heteroatoms. The van der Waals surface area contributed by atoms with E-state index in [-0.39, 0.29) is 23.6 Å². The predicted molar refractivity (Wildman–Crippen MR) is 137 cm³/mol. The van der Waals surface area contributed by atoms with Gasteiger partial charge in [-0.15, -0.1) is 0 Å². The summed E-state index contributed by atoms with van der Waals surface area (Å²) in [5.74, 6) is 0.591. The van der Waals surface area contributed by atoms with Crippen LogP contribution in [0.3, 0.4) is 0 Å². The maximum atomic E-state index is 13.9. The molecular weight excluding hydrogens is 494 g/mol. The van der Waals surface area contributed by atoms with E-state index in [1.165, 1.54) is 35.8 Å². The maximum absolute atomic E-state index is 13.9. The molecule has 0 unspecified atom stereocenters. The third kappa shape index (κ3) is 5.03. The lowest BCUT2D eigenvalue weighted by Crippen LogP contribution is -2.12. The molecule has 0 aliphatic rings. The van der Waals surface area contributed by atoms with Gasteiger partial charge in [-0.25, -0.2) is 23.0 Å². The Morgan fingerprint density at radius 2 is 1.87 bits per heavy atom. The second-order valence-electron chi connectivity index (χ2n) is 8.35. The zero-order valence-electron chi connectivity index (χ0n) is 20.6. The number of carbonyl (C=O) groups is 1. The van der Waals surface area contributed by atoms with Gasteiger partial charge in [-0.1, -0.05) is 31.2 Å². The number of para-hydroxylation sites is 1. The molecule has 0 radical (unpaired) electrons. The van der Waals surface area contributed by atoms with Crippen LogP contribution < -0.4 is 14.8 Å². The molecule has 0 atom stereocenters. The van der Waals surface area contributed by atoms with Gasteiger partial charge < -0.3 is 14.8 Å². The summed E-state index contributed by atoms with van der Waals surface area (Å²) in [4.78, 5) is 17.6. The highest BCUT2D eigenvalue weighted by atomic mass is 19.3. The van der Waals surface area contributed by atoms with Crippen LogP contribution in [-0.2, 0) is 13.2 Å². The highest BCUT2D eigenvalue weighted by molar-refractivity contribution is 6.08. The number of ether oxygens (including phenoxy) is 2. The van der Waals surface area contributed by atoms with E-state index in [1.807, 2.05) is 24.3 Å². The van der Waals surface area contributed by atoms with E-state index in [1.54, 1.807) is 30.5 Å². The molecule has 38 heavy (non-hydrogen) atoms. The molecule has 0 aliphatic heterocycles. The molecule has 9 nitrogen and oxygen atoms in total. The van der Waals surface area contributed by atoms with Crippen molar-refractivity contribution in [3.63, 3.8) is 0 Å². The van der Waals surface area contributed by atoms with Crippen molar-refractivity contribution in [2.24, 2.45) is 0 Å². The van der Waals surface area contributed by atoms with E-state index in [0.717, 1.165) is 10.9 Å². The maximum Gasteiger partial charge on any atom is 0.280 e. The Morgan fingerprint density at radius 3 is 2.61 bits per heavy atom. The molecule has 3 aromatic heterocycles. The third-order valence-electron chi connectivity index (χ3n) is 5.94. The molecule has 5 rings (SSSR count). The Kier molecular flexibility index (Phi) is 6.98. The van der Waals surface area contributed by atoms with Gasteiger partial charge >= 0.3 is 0 Å². The Labute approximate surface area is 216 Å². The number of aromatic nitrogens is 5. The number of nitrogens with zero attached hydrogens (tertiary/aromatic N) is 5. The number of rotatable bonds is 9. The minimum absolute atomic E-state index is 0.00698. The van der Waals surface area contributed by atoms with Crippen LogP contribution in [0.15, 0.2) is 73.2 Å². The van der Waals surface area contributed by atoms with Crippen molar-refractivity contribution in [2.45, 2.75) is 26.5 Å². The first-order valence-corrected chi connectivity index (χ1v) is 11.8. The first-order chi connectivity index (χ1) is 18.5. The topological polar surface area (TPSA) is 95.6 Å². The van der Waals surface area contributed by atoms with Crippen molar-refractivity contribution in [2.75, 3.05) is 12.4 Å². The molecule has 194 valence electrons. The summed E-state index contributed by atoms with van der Waals surface area (Å²) < 4.78 is 41.4. The van der Waals surface area contributed by atoms with Gasteiger partial charge in [0.15, 0.2) is 12.4 Å². The Balaban J connectivity index is 1.38. The number of hydrogen-bond acceptors (Lipinski definition) is 6. The van der Waals surface area contributed by atoms with Gasteiger partial charge in [0.2, 0.25) is 0 Å². The van der Waals surface area contributed by atoms with Gasteiger partial charge in [-0.05, 0) is 42.3 Å².